The molecule has 0 atom stereocenters. The number of nitrogens with zero attached hydrogens (tertiary/aromatic N) is 6. The second-order valence-corrected chi connectivity index (χ2v) is 17.6. The summed E-state index contributed by atoms with van der Waals surface area (Å²) in [4.78, 5) is 2.96. The van der Waals surface area contributed by atoms with E-state index in [2.05, 4.69) is 6.07 Å². The maximum absolute atomic E-state index is 17.1. The summed E-state index contributed by atoms with van der Waals surface area (Å²) in [5.74, 6) is -7.36. The van der Waals surface area contributed by atoms with Crippen LogP contribution in [0.5, 0.6) is 0 Å². The van der Waals surface area contributed by atoms with E-state index < -0.39 is 40.3 Å². The van der Waals surface area contributed by atoms with Crippen LogP contribution in [0.15, 0.2) is 206 Å². The van der Waals surface area contributed by atoms with E-state index in [4.69, 9.17) is 0 Å². The number of hydrogen-bond acceptors (Lipinski definition) is 4. The molecule has 0 aliphatic heterocycles. The predicted molar refractivity (Wildman–Crippen MR) is 279 cm³/mol. The van der Waals surface area contributed by atoms with Crippen molar-refractivity contribution in [1.29, 1.82) is 10.5 Å². The number of rotatable bonds is 9. The number of aromatic nitrogens is 2. The molecule has 74 heavy (non-hydrogen) atoms. The summed E-state index contributed by atoms with van der Waals surface area (Å²) in [6, 6.07) is 60.9. The van der Waals surface area contributed by atoms with Gasteiger partial charge < -0.3 is 18.9 Å². The van der Waals surface area contributed by atoms with Gasteiger partial charge in [-0.05, 0) is 163 Å². The first-order chi connectivity index (χ1) is 36.1. The van der Waals surface area contributed by atoms with E-state index in [0.29, 0.717) is 39.2 Å². The molecule has 12 heteroatoms. The SMILES string of the molecule is N#Cc1ccc(N(c2ccc(-c3c(F)c(F)c(N(c4ccc(C#N)cc4)c4ccc5c(c4)c4ccccc4n5-c4ccc(F)cc4)c(F)c3F)cc2)c2ccc3c(c2)c2ccccc2n3-c2ccc(F)cc2)cc1. The van der Waals surface area contributed by atoms with Crippen LogP contribution in [0.3, 0.4) is 0 Å². The maximum Gasteiger partial charge on any atom is 0.186 e. The van der Waals surface area contributed by atoms with Crippen LogP contribution in [-0.4, -0.2) is 9.13 Å². The lowest BCUT2D eigenvalue weighted by Crippen LogP contribution is -2.16. The fraction of sp³-hybridized carbons (Fsp3) is 0. The molecule has 0 unspecified atom stereocenters. The predicted octanol–water partition coefficient (Wildman–Crippen LogP) is 17.1. The van der Waals surface area contributed by atoms with E-state index in [1.54, 1.807) is 78.9 Å². The summed E-state index contributed by atoms with van der Waals surface area (Å²) in [7, 11) is 0. The van der Waals surface area contributed by atoms with E-state index in [1.807, 2.05) is 86.8 Å². The summed E-state index contributed by atoms with van der Waals surface area (Å²) in [6.45, 7) is 0. The van der Waals surface area contributed by atoms with Gasteiger partial charge in [-0.2, -0.15) is 10.5 Å². The van der Waals surface area contributed by atoms with Gasteiger partial charge in [0.15, 0.2) is 23.3 Å². The molecule has 354 valence electrons. The Labute approximate surface area is 418 Å². The first-order valence-electron chi connectivity index (χ1n) is 23.3. The topological polar surface area (TPSA) is 63.9 Å². The lowest BCUT2D eigenvalue weighted by molar-refractivity contribution is 0.461. The third-order valence-electron chi connectivity index (χ3n) is 13.4. The van der Waals surface area contributed by atoms with E-state index in [9.17, 15) is 19.3 Å². The van der Waals surface area contributed by atoms with Crippen LogP contribution in [0.1, 0.15) is 11.1 Å². The van der Waals surface area contributed by atoms with Crippen molar-refractivity contribution in [2.24, 2.45) is 0 Å². The average Bonchev–Trinajstić information content (AvgIpc) is 3.95. The van der Waals surface area contributed by atoms with Crippen molar-refractivity contribution in [3.8, 4) is 34.6 Å². The molecule has 2 aromatic heterocycles. The van der Waals surface area contributed by atoms with Crippen LogP contribution in [0.4, 0.5) is 60.5 Å². The van der Waals surface area contributed by atoms with Crippen LogP contribution < -0.4 is 9.80 Å². The molecule has 6 nitrogen and oxygen atoms in total. The van der Waals surface area contributed by atoms with Gasteiger partial charge >= 0.3 is 0 Å². The van der Waals surface area contributed by atoms with Crippen molar-refractivity contribution in [2.75, 3.05) is 9.80 Å². The van der Waals surface area contributed by atoms with E-state index >= 15 is 17.6 Å². The summed E-state index contributed by atoms with van der Waals surface area (Å²) in [6.07, 6.45) is 0. The first kappa shape index (κ1) is 45.1. The molecule has 12 rings (SSSR count). The molecular formula is C62H34F6N6. The molecule has 0 spiro atoms. The maximum atomic E-state index is 17.1. The number of hydrogen-bond donors (Lipinski definition) is 0. The fourth-order valence-corrected chi connectivity index (χ4v) is 10.0. The largest absolute Gasteiger partial charge is 0.310 e. The lowest BCUT2D eigenvalue weighted by Gasteiger charge is -2.28. The number of para-hydroxylation sites is 2. The molecule has 0 bridgehead atoms. The Kier molecular flexibility index (Phi) is 11.0. The van der Waals surface area contributed by atoms with Crippen LogP contribution in [0.2, 0.25) is 0 Å². The third-order valence-corrected chi connectivity index (χ3v) is 13.4. The molecule has 12 aromatic rings. The highest BCUT2D eigenvalue weighted by Crippen LogP contribution is 2.46. The monoisotopic (exact) mass is 976 g/mol. The zero-order valence-corrected chi connectivity index (χ0v) is 38.6. The molecule has 0 fully saturated rings. The molecule has 0 aliphatic rings. The summed E-state index contributed by atoms with van der Waals surface area (Å²) in [5, 5.41) is 22.4. The number of benzene rings is 10. The first-order valence-corrected chi connectivity index (χ1v) is 23.3. The van der Waals surface area contributed by atoms with Gasteiger partial charge in [0.1, 0.15) is 17.3 Å². The smallest absolute Gasteiger partial charge is 0.186 e. The number of halogens is 6. The third kappa shape index (κ3) is 7.44. The Morgan fingerprint density at radius 1 is 0.338 bits per heavy atom. The van der Waals surface area contributed by atoms with Gasteiger partial charge in [0.05, 0.1) is 50.9 Å². The minimum Gasteiger partial charge on any atom is -0.310 e. The van der Waals surface area contributed by atoms with Gasteiger partial charge in [-0.15, -0.1) is 0 Å². The van der Waals surface area contributed by atoms with Crippen LogP contribution in [0, 0.1) is 57.6 Å². The molecule has 2 heterocycles. The number of fused-ring (bicyclic) bond motifs is 6. The summed E-state index contributed by atoms with van der Waals surface area (Å²) < 4.78 is 100. The molecule has 10 aromatic carbocycles. The van der Waals surface area contributed by atoms with E-state index in [-0.39, 0.29) is 28.3 Å². The quantitative estimate of drug-likeness (QED) is 0.107. The lowest BCUT2D eigenvalue weighted by atomic mass is 10.0. The average molecular weight is 977 g/mol. The van der Waals surface area contributed by atoms with E-state index in [1.165, 1.54) is 60.7 Å². The molecule has 0 amide bonds. The van der Waals surface area contributed by atoms with Crippen molar-refractivity contribution >= 4 is 77.7 Å². The number of nitriles is 2. The second kappa shape index (κ2) is 18.0. The Morgan fingerprint density at radius 3 is 1.14 bits per heavy atom. The molecule has 0 radical (unpaired) electrons. The number of anilines is 6. The second-order valence-electron chi connectivity index (χ2n) is 17.6. The Hall–Kier alpha value is -10.0. The minimum atomic E-state index is -1.66. The van der Waals surface area contributed by atoms with Gasteiger partial charge in [-0.1, -0.05) is 48.5 Å². The summed E-state index contributed by atoms with van der Waals surface area (Å²) >= 11 is 0. The molecule has 0 saturated carbocycles. The van der Waals surface area contributed by atoms with Crippen molar-refractivity contribution in [3.05, 3.63) is 252 Å². The van der Waals surface area contributed by atoms with Gasteiger partial charge in [-0.25, -0.2) is 26.3 Å². The van der Waals surface area contributed by atoms with Crippen molar-refractivity contribution in [1.82, 2.24) is 9.13 Å². The van der Waals surface area contributed by atoms with E-state index in [0.717, 1.165) is 43.3 Å². The fourth-order valence-electron chi connectivity index (χ4n) is 10.0. The zero-order valence-electron chi connectivity index (χ0n) is 38.6. The van der Waals surface area contributed by atoms with Gasteiger partial charge in [0, 0.05) is 61.4 Å². The molecule has 0 aliphatic carbocycles. The minimum absolute atomic E-state index is 0.112. The van der Waals surface area contributed by atoms with Gasteiger partial charge in [0.25, 0.3) is 0 Å². The Morgan fingerprint density at radius 2 is 0.703 bits per heavy atom. The van der Waals surface area contributed by atoms with Crippen molar-refractivity contribution in [2.45, 2.75) is 0 Å². The van der Waals surface area contributed by atoms with Gasteiger partial charge in [-0.3, -0.25) is 0 Å². The normalized spacial score (nSPS) is 11.4. The molecule has 0 N–H and O–H groups in total. The highest BCUT2D eigenvalue weighted by molar-refractivity contribution is 6.12. The molecule has 0 saturated heterocycles. The standard InChI is InChI=1S/C62H34F6N6/c63-40-15-25-45(26-16-40)73-53-7-3-1-5-49(53)51-33-47(29-31-55(51)73)71(42-19-9-37(35-69)10-20-42)43-23-13-39(14-24-43)57-58(65)60(67)62(61(68)59(57)66)72(44-21-11-38(36-70)12-22-44)48-30-32-56-52(34-48)50-6-2-4-8-54(50)74(56)46-27-17-41(64)18-28-46/h1-34H. The van der Waals surface area contributed by atoms with Crippen molar-refractivity contribution < 1.29 is 26.3 Å². The highest BCUT2D eigenvalue weighted by atomic mass is 19.2. The van der Waals surface area contributed by atoms with Crippen LogP contribution in [0.25, 0.3) is 66.1 Å². The Balaban J connectivity index is 0.973. The van der Waals surface area contributed by atoms with Gasteiger partial charge in [0.2, 0.25) is 0 Å². The zero-order chi connectivity index (χ0) is 50.8. The summed E-state index contributed by atoms with van der Waals surface area (Å²) in [5.41, 5.74) is 5.27. The molecular weight excluding hydrogens is 943 g/mol. The van der Waals surface area contributed by atoms with Crippen molar-refractivity contribution in [3.63, 3.8) is 0 Å². The van der Waals surface area contributed by atoms with Crippen LogP contribution >= 0.6 is 0 Å². The highest BCUT2D eigenvalue weighted by Gasteiger charge is 2.32. The van der Waals surface area contributed by atoms with Crippen LogP contribution in [-0.2, 0) is 0 Å². The Bertz CT molecular complexity index is 4240.